The van der Waals surface area contributed by atoms with Crippen LogP contribution in [0.5, 0.6) is 0 Å². The number of fused-ring (bicyclic) bond motifs is 1. The summed E-state index contributed by atoms with van der Waals surface area (Å²) in [5.41, 5.74) is 11.4. The zero-order chi connectivity index (χ0) is 17.8. The van der Waals surface area contributed by atoms with Gasteiger partial charge in [-0.15, -0.1) is 24.0 Å². The van der Waals surface area contributed by atoms with Gasteiger partial charge in [0, 0.05) is 31.9 Å². The second-order valence-electron chi connectivity index (χ2n) is 6.89. The molecule has 144 valence electrons. The number of hydrogen-bond acceptors (Lipinski definition) is 3. The van der Waals surface area contributed by atoms with Crippen molar-refractivity contribution >= 4 is 35.6 Å². The Morgan fingerprint density at radius 1 is 0.963 bits per heavy atom. The fraction of sp³-hybridized carbons (Fsp3) is 0.381. The van der Waals surface area contributed by atoms with E-state index in [1.54, 1.807) is 0 Å². The van der Waals surface area contributed by atoms with E-state index in [2.05, 4.69) is 63.3 Å². The van der Waals surface area contributed by atoms with E-state index in [4.69, 9.17) is 10.5 Å². The lowest BCUT2D eigenvalue weighted by Crippen LogP contribution is -2.44. The van der Waals surface area contributed by atoms with Crippen molar-refractivity contribution in [1.29, 1.82) is 0 Å². The summed E-state index contributed by atoms with van der Waals surface area (Å²) in [7, 11) is 0. The predicted octanol–water partition coefficient (Wildman–Crippen LogP) is 3.01. The summed E-state index contributed by atoms with van der Waals surface area (Å²) in [6.07, 6.45) is 1.14. The van der Waals surface area contributed by atoms with Crippen molar-refractivity contribution < 1.29 is 4.74 Å². The molecule has 2 aliphatic rings. The summed E-state index contributed by atoms with van der Waals surface area (Å²) < 4.78 is 5.35. The second kappa shape index (κ2) is 9.41. The minimum absolute atomic E-state index is 0. The molecule has 0 saturated carbocycles. The Morgan fingerprint density at radius 3 is 2.44 bits per heavy atom. The molecule has 2 aliphatic heterocycles. The van der Waals surface area contributed by atoms with Crippen molar-refractivity contribution in [2.24, 2.45) is 10.7 Å². The number of ether oxygens (including phenoxy) is 1. The fourth-order valence-electron chi connectivity index (χ4n) is 3.61. The van der Waals surface area contributed by atoms with E-state index in [-0.39, 0.29) is 24.0 Å². The fourth-order valence-corrected chi connectivity index (χ4v) is 3.61. The molecule has 0 spiro atoms. The first-order chi connectivity index (χ1) is 12.8. The molecule has 5 nitrogen and oxygen atoms in total. The molecule has 2 N–H and O–H groups in total. The van der Waals surface area contributed by atoms with Crippen LogP contribution in [0.4, 0.5) is 5.69 Å². The van der Waals surface area contributed by atoms with Crippen LogP contribution >= 0.6 is 24.0 Å². The number of benzene rings is 2. The maximum atomic E-state index is 6.09. The van der Waals surface area contributed by atoms with Gasteiger partial charge >= 0.3 is 0 Å². The Bertz CT molecular complexity index is 772. The molecule has 1 saturated heterocycles. The number of aliphatic imine (C=N–C) groups is 1. The average molecular weight is 478 g/mol. The second-order valence-corrected chi connectivity index (χ2v) is 6.89. The van der Waals surface area contributed by atoms with Crippen LogP contribution < -0.4 is 10.6 Å². The third kappa shape index (κ3) is 4.93. The van der Waals surface area contributed by atoms with E-state index < -0.39 is 0 Å². The normalized spacial score (nSPS) is 16.8. The highest BCUT2D eigenvalue weighted by Gasteiger charge is 2.18. The van der Waals surface area contributed by atoms with Crippen LogP contribution in [-0.4, -0.2) is 43.7 Å². The molecular weight excluding hydrogens is 451 g/mol. The number of para-hydroxylation sites is 1. The average Bonchev–Trinajstić information content (AvgIpc) is 3.11. The highest BCUT2D eigenvalue weighted by atomic mass is 127. The molecule has 0 atom stereocenters. The summed E-state index contributed by atoms with van der Waals surface area (Å²) in [6, 6.07) is 17.4. The SMILES string of the molecule is I.NC(=NCc1ccc(CN2CCc3ccccc32)cc1)N1CCOCC1. The van der Waals surface area contributed by atoms with Gasteiger partial charge in [0.15, 0.2) is 5.96 Å². The molecule has 1 fully saturated rings. The van der Waals surface area contributed by atoms with Crippen molar-refractivity contribution in [1.82, 2.24) is 4.90 Å². The van der Waals surface area contributed by atoms with Gasteiger partial charge < -0.3 is 20.3 Å². The number of anilines is 1. The van der Waals surface area contributed by atoms with Gasteiger partial charge in [-0.25, -0.2) is 4.99 Å². The predicted molar refractivity (Wildman–Crippen MR) is 121 cm³/mol. The molecule has 27 heavy (non-hydrogen) atoms. The van der Waals surface area contributed by atoms with Gasteiger partial charge in [-0.05, 0) is 29.2 Å². The summed E-state index contributed by atoms with van der Waals surface area (Å²) in [6.45, 7) is 5.78. The Hall–Kier alpha value is -1.80. The number of rotatable bonds is 4. The first-order valence-electron chi connectivity index (χ1n) is 9.33. The van der Waals surface area contributed by atoms with Crippen LogP contribution in [0.1, 0.15) is 16.7 Å². The lowest BCUT2D eigenvalue weighted by molar-refractivity contribution is 0.0674. The number of nitrogens with two attached hydrogens (primary N) is 1. The van der Waals surface area contributed by atoms with E-state index in [0.29, 0.717) is 12.5 Å². The summed E-state index contributed by atoms with van der Waals surface area (Å²) in [4.78, 5) is 9.08. The molecule has 0 radical (unpaired) electrons. The van der Waals surface area contributed by atoms with Gasteiger partial charge in [-0.3, -0.25) is 0 Å². The van der Waals surface area contributed by atoms with E-state index in [0.717, 1.165) is 45.8 Å². The van der Waals surface area contributed by atoms with Gasteiger partial charge in [0.2, 0.25) is 0 Å². The molecule has 2 aromatic rings. The largest absolute Gasteiger partial charge is 0.378 e. The van der Waals surface area contributed by atoms with Crippen LogP contribution in [0.25, 0.3) is 0 Å². The van der Waals surface area contributed by atoms with E-state index in [1.807, 2.05) is 0 Å². The number of nitrogens with zero attached hydrogens (tertiary/aromatic N) is 3. The van der Waals surface area contributed by atoms with Gasteiger partial charge in [-0.1, -0.05) is 42.5 Å². The number of guanidine groups is 1. The zero-order valence-electron chi connectivity index (χ0n) is 15.5. The van der Waals surface area contributed by atoms with Crippen LogP contribution in [0.15, 0.2) is 53.5 Å². The molecule has 0 bridgehead atoms. The van der Waals surface area contributed by atoms with Crippen LogP contribution in [0.3, 0.4) is 0 Å². The molecular formula is C21H27IN4O. The number of halogens is 1. The van der Waals surface area contributed by atoms with E-state index >= 15 is 0 Å². The Kier molecular flexibility index (Phi) is 6.95. The van der Waals surface area contributed by atoms with E-state index in [1.165, 1.54) is 22.4 Å². The molecule has 2 heterocycles. The minimum Gasteiger partial charge on any atom is -0.378 e. The molecule has 6 heteroatoms. The summed E-state index contributed by atoms with van der Waals surface area (Å²) in [5.74, 6) is 0.617. The Morgan fingerprint density at radius 2 is 1.67 bits per heavy atom. The molecule has 0 amide bonds. The van der Waals surface area contributed by atoms with Crippen molar-refractivity contribution in [2.45, 2.75) is 19.5 Å². The van der Waals surface area contributed by atoms with Crippen molar-refractivity contribution in [3.63, 3.8) is 0 Å². The van der Waals surface area contributed by atoms with Crippen LogP contribution in [0, 0.1) is 0 Å². The third-order valence-electron chi connectivity index (χ3n) is 5.14. The minimum atomic E-state index is 0. The maximum Gasteiger partial charge on any atom is 0.191 e. The van der Waals surface area contributed by atoms with Crippen molar-refractivity contribution in [3.05, 3.63) is 65.2 Å². The van der Waals surface area contributed by atoms with Gasteiger partial charge in [0.1, 0.15) is 0 Å². The monoisotopic (exact) mass is 478 g/mol. The van der Waals surface area contributed by atoms with Crippen LogP contribution in [0.2, 0.25) is 0 Å². The van der Waals surface area contributed by atoms with Gasteiger partial charge in [0.05, 0.1) is 19.8 Å². The highest BCUT2D eigenvalue weighted by molar-refractivity contribution is 14.0. The molecule has 0 unspecified atom stereocenters. The summed E-state index contributed by atoms with van der Waals surface area (Å²) in [5, 5.41) is 0. The van der Waals surface area contributed by atoms with Crippen molar-refractivity contribution in [3.8, 4) is 0 Å². The first kappa shape index (κ1) is 19.9. The first-order valence-corrected chi connectivity index (χ1v) is 9.33. The lowest BCUT2D eigenvalue weighted by Gasteiger charge is -2.27. The molecule has 0 aromatic heterocycles. The van der Waals surface area contributed by atoms with Crippen LogP contribution in [-0.2, 0) is 24.2 Å². The smallest absolute Gasteiger partial charge is 0.191 e. The number of hydrogen-bond donors (Lipinski definition) is 1. The number of morpholine rings is 1. The molecule has 0 aliphatic carbocycles. The van der Waals surface area contributed by atoms with Gasteiger partial charge in [0.25, 0.3) is 0 Å². The Balaban J connectivity index is 0.00000210. The van der Waals surface area contributed by atoms with Crippen molar-refractivity contribution in [2.75, 3.05) is 37.7 Å². The van der Waals surface area contributed by atoms with Gasteiger partial charge in [-0.2, -0.15) is 0 Å². The van der Waals surface area contributed by atoms with E-state index in [9.17, 15) is 0 Å². The maximum absolute atomic E-state index is 6.09. The highest BCUT2D eigenvalue weighted by Crippen LogP contribution is 2.28. The molecule has 4 rings (SSSR count). The third-order valence-corrected chi connectivity index (χ3v) is 5.14. The zero-order valence-corrected chi connectivity index (χ0v) is 17.8. The summed E-state index contributed by atoms with van der Waals surface area (Å²) >= 11 is 0. The molecule has 2 aromatic carbocycles. The quantitative estimate of drug-likeness (QED) is 0.417. The standard InChI is InChI=1S/C21H26N4O.HI/c22-21(24-11-13-26-14-12-24)23-15-17-5-7-18(8-6-17)16-25-10-9-19-3-1-2-4-20(19)25;/h1-8H,9-16H2,(H2,22,23);1H. The topological polar surface area (TPSA) is 54.1 Å². The lowest BCUT2D eigenvalue weighted by atomic mass is 10.1. The Labute approximate surface area is 178 Å².